The lowest BCUT2D eigenvalue weighted by molar-refractivity contribution is -0.245. The first kappa shape index (κ1) is 19.5. The molecule has 1 aromatic heterocycles. The summed E-state index contributed by atoms with van der Waals surface area (Å²) in [6.07, 6.45) is -5.38. The maximum absolute atomic E-state index is 12.0. The number of fused-ring (bicyclic) bond motifs is 1. The molecule has 1 aliphatic rings. The minimum absolute atomic E-state index is 0.00657. The summed E-state index contributed by atoms with van der Waals surface area (Å²) in [4.78, 5) is 23.7. The molecule has 3 unspecified atom stereocenters. The second kappa shape index (κ2) is 7.37. The van der Waals surface area contributed by atoms with Crippen molar-refractivity contribution in [3.63, 3.8) is 0 Å². The molecule has 0 aliphatic carbocycles. The first-order valence-electron chi connectivity index (χ1n) is 8.40. The molecule has 2 heterocycles. The number of hydrogen-bond donors (Lipinski definition) is 5. The van der Waals surface area contributed by atoms with Crippen molar-refractivity contribution in [2.45, 2.75) is 44.5 Å². The number of Topliss-reactive ketones (excluding diaryl/α,β-unsaturated/α-hetero) is 1. The molecule has 1 fully saturated rings. The van der Waals surface area contributed by atoms with E-state index in [1.54, 1.807) is 19.1 Å². The Kier molecular flexibility index (Phi) is 5.31. The van der Waals surface area contributed by atoms with E-state index in [2.05, 4.69) is 5.32 Å². The molecule has 3 rings (SSSR count). The van der Waals surface area contributed by atoms with Gasteiger partial charge in [-0.3, -0.25) is 4.79 Å². The number of aryl methyl sites for hydroxylation is 1. The van der Waals surface area contributed by atoms with E-state index in [1.165, 1.54) is 13.0 Å². The minimum atomic E-state index is -1.48. The predicted octanol–water partition coefficient (Wildman–Crippen LogP) is -0.484. The molecule has 2 aromatic rings. The van der Waals surface area contributed by atoms with Gasteiger partial charge in [0.1, 0.15) is 35.5 Å². The molecule has 5 atom stereocenters. The molecule has 9 nitrogen and oxygen atoms in total. The van der Waals surface area contributed by atoms with Gasteiger partial charge in [-0.25, -0.2) is 4.79 Å². The predicted molar refractivity (Wildman–Crippen MR) is 94.6 cm³/mol. The van der Waals surface area contributed by atoms with Gasteiger partial charge >= 0.3 is 5.63 Å². The van der Waals surface area contributed by atoms with Crippen LogP contribution in [-0.4, -0.2) is 63.5 Å². The fourth-order valence-corrected chi connectivity index (χ4v) is 3.30. The number of rotatable bonds is 4. The summed E-state index contributed by atoms with van der Waals surface area (Å²) in [5, 5.41) is 42.7. The molecular weight excluding hydrogens is 358 g/mol. The number of hydrogen-bond acceptors (Lipinski definition) is 9. The van der Waals surface area contributed by atoms with Gasteiger partial charge in [0, 0.05) is 17.1 Å². The Bertz CT molecular complexity index is 923. The lowest BCUT2D eigenvalue weighted by Gasteiger charge is -2.40. The van der Waals surface area contributed by atoms with Crippen LogP contribution in [0.4, 0.5) is 5.69 Å². The number of nitrogens with one attached hydrogen (secondary N) is 1. The summed E-state index contributed by atoms with van der Waals surface area (Å²) in [5.41, 5.74) is 0.367. The highest BCUT2D eigenvalue weighted by atomic mass is 16.6. The molecule has 27 heavy (non-hydrogen) atoms. The Morgan fingerprint density at radius 1 is 1.22 bits per heavy atom. The Balaban J connectivity index is 1.93. The highest BCUT2D eigenvalue weighted by Gasteiger charge is 2.43. The lowest BCUT2D eigenvalue weighted by Crippen LogP contribution is -2.61. The second-order valence-electron chi connectivity index (χ2n) is 6.56. The third-order valence-corrected chi connectivity index (χ3v) is 4.75. The third kappa shape index (κ3) is 3.47. The van der Waals surface area contributed by atoms with Gasteiger partial charge in [-0.05, 0) is 31.5 Å². The number of carbonyl (C=O) groups is 1. The molecule has 0 radical (unpaired) electrons. The number of anilines is 1. The van der Waals surface area contributed by atoms with Crippen molar-refractivity contribution in [1.82, 2.24) is 0 Å². The summed E-state index contributed by atoms with van der Waals surface area (Å²) in [6.45, 7) is 2.38. The third-order valence-electron chi connectivity index (χ3n) is 4.75. The average Bonchev–Trinajstić information content (AvgIpc) is 2.61. The van der Waals surface area contributed by atoms with Crippen LogP contribution in [0.2, 0.25) is 0 Å². The monoisotopic (exact) mass is 379 g/mol. The van der Waals surface area contributed by atoms with Crippen molar-refractivity contribution in [2.75, 3.05) is 11.9 Å². The van der Waals surface area contributed by atoms with Crippen LogP contribution >= 0.6 is 0 Å². The van der Waals surface area contributed by atoms with E-state index >= 15 is 0 Å². The first-order chi connectivity index (χ1) is 12.7. The Morgan fingerprint density at radius 2 is 1.93 bits per heavy atom. The minimum Gasteiger partial charge on any atom is -0.422 e. The molecule has 5 N–H and O–H groups in total. The van der Waals surface area contributed by atoms with Crippen molar-refractivity contribution in [3.8, 4) is 0 Å². The average molecular weight is 379 g/mol. The highest BCUT2D eigenvalue weighted by Crippen LogP contribution is 2.27. The molecule has 1 aliphatic heterocycles. The van der Waals surface area contributed by atoms with Crippen LogP contribution in [0.1, 0.15) is 22.8 Å². The lowest BCUT2D eigenvalue weighted by atomic mass is 9.96. The van der Waals surface area contributed by atoms with Crippen LogP contribution in [0.3, 0.4) is 0 Å². The zero-order valence-electron chi connectivity index (χ0n) is 14.7. The van der Waals surface area contributed by atoms with E-state index in [1.807, 2.05) is 0 Å². The number of aliphatic hydroxyl groups is 4. The van der Waals surface area contributed by atoms with Crippen molar-refractivity contribution >= 4 is 22.4 Å². The zero-order chi connectivity index (χ0) is 19.9. The maximum atomic E-state index is 12.0. The van der Waals surface area contributed by atoms with Gasteiger partial charge in [0.15, 0.2) is 12.1 Å². The van der Waals surface area contributed by atoms with E-state index in [4.69, 9.17) is 14.3 Å². The first-order valence-corrected chi connectivity index (χ1v) is 8.40. The van der Waals surface area contributed by atoms with Crippen molar-refractivity contribution in [3.05, 3.63) is 39.7 Å². The zero-order valence-corrected chi connectivity index (χ0v) is 14.7. The molecule has 9 heteroatoms. The summed E-state index contributed by atoms with van der Waals surface area (Å²) in [5.74, 6) is -0.386. The normalized spacial score (nSPS) is 28.3. The van der Waals surface area contributed by atoms with Gasteiger partial charge in [0.2, 0.25) is 0 Å². The van der Waals surface area contributed by atoms with Crippen molar-refractivity contribution in [2.24, 2.45) is 0 Å². The van der Waals surface area contributed by atoms with E-state index in [-0.39, 0.29) is 16.9 Å². The Labute approximate surface area is 153 Å². The van der Waals surface area contributed by atoms with Crippen LogP contribution in [0.15, 0.2) is 27.4 Å². The fourth-order valence-electron chi connectivity index (χ4n) is 3.30. The Hall–Kier alpha value is -2.30. The largest absolute Gasteiger partial charge is 0.422 e. The topological polar surface area (TPSA) is 149 Å². The smallest absolute Gasteiger partial charge is 0.347 e. The molecule has 0 saturated carbocycles. The van der Waals surface area contributed by atoms with Crippen LogP contribution in [0.25, 0.3) is 11.0 Å². The van der Waals surface area contributed by atoms with Gasteiger partial charge in [-0.1, -0.05) is 0 Å². The van der Waals surface area contributed by atoms with Gasteiger partial charge < -0.3 is 34.9 Å². The molecule has 1 aromatic carbocycles. The van der Waals surface area contributed by atoms with Gasteiger partial charge in [0.05, 0.1) is 6.61 Å². The standard InChI is InChI=1S/C18H21NO8/c1-7-10-4-3-9(5-11(10)26-17(24)13(7)8(2)21)19-14-16(23)15(22)12(6-20)27-18(14)25/h3-5,12,14-16,18-20,22-23,25H,6H2,1-2H3/t12?,14?,15-,16-,18?/m0/s1. The van der Waals surface area contributed by atoms with E-state index in [0.29, 0.717) is 16.6 Å². The quantitative estimate of drug-likeness (QED) is 0.350. The van der Waals surface area contributed by atoms with Crippen LogP contribution in [0.5, 0.6) is 0 Å². The van der Waals surface area contributed by atoms with Crippen molar-refractivity contribution < 1.29 is 34.4 Å². The van der Waals surface area contributed by atoms with E-state index in [0.717, 1.165) is 0 Å². The van der Waals surface area contributed by atoms with Gasteiger partial charge in [-0.2, -0.15) is 0 Å². The molecule has 146 valence electrons. The van der Waals surface area contributed by atoms with Crippen LogP contribution < -0.4 is 10.9 Å². The van der Waals surface area contributed by atoms with Crippen molar-refractivity contribution in [1.29, 1.82) is 0 Å². The summed E-state index contributed by atoms with van der Waals surface area (Å²) >= 11 is 0. The number of ether oxygens (including phenoxy) is 1. The molecule has 0 bridgehead atoms. The molecule has 1 saturated heterocycles. The summed E-state index contributed by atoms with van der Waals surface area (Å²) < 4.78 is 10.3. The van der Waals surface area contributed by atoms with Crippen LogP contribution in [-0.2, 0) is 4.74 Å². The maximum Gasteiger partial charge on any atom is 0.347 e. The number of ketones is 1. The van der Waals surface area contributed by atoms with E-state index < -0.39 is 42.9 Å². The number of benzene rings is 1. The molecule has 0 spiro atoms. The van der Waals surface area contributed by atoms with Gasteiger partial charge in [-0.15, -0.1) is 0 Å². The summed E-state index contributed by atoms with van der Waals surface area (Å²) in [6, 6.07) is 3.66. The second-order valence-corrected chi connectivity index (χ2v) is 6.56. The van der Waals surface area contributed by atoms with Gasteiger partial charge in [0.25, 0.3) is 0 Å². The van der Waals surface area contributed by atoms with E-state index in [9.17, 15) is 24.9 Å². The highest BCUT2D eigenvalue weighted by molar-refractivity contribution is 5.99. The number of aliphatic hydroxyl groups excluding tert-OH is 4. The molecule has 0 amide bonds. The SMILES string of the molecule is CC(=O)c1c(C)c2ccc(NC3C(O)OC(CO)[C@H](O)[C@H]3O)cc2oc1=O. The molecular formula is C18H21NO8. The fraction of sp³-hybridized carbons (Fsp3) is 0.444. The Morgan fingerprint density at radius 3 is 2.56 bits per heavy atom. The summed E-state index contributed by atoms with van der Waals surface area (Å²) in [7, 11) is 0. The number of carbonyl (C=O) groups excluding carboxylic acids is 1. The van der Waals surface area contributed by atoms with Crippen LogP contribution in [0, 0.1) is 6.92 Å².